The van der Waals surface area contributed by atoms with E-state index in [4.69, 9.17) is 5.11 Å². The Balaban J connectivity index is 2.93. The Hall–Kier alpha value is -1.35. The maximum absolute atomic E-state index is 10.5. The van der Waals surface area contributed by atoms with Crippen molar-refractivity contribution in [1.82, 2.24) is 5.32 Å². The second-order valence-corrected chi connectivity index (χ2v) is 2.50. The van der Waals surface area contributed by atoms with Gasteiger partial charge < -0.3 is 15.2 Å². The number of hydrogen-bond acceptors (Lipinski definition) is 3. The summed E-state index contributed by atoms with van der Waals surface area (Å²) in [5.41, 5.74) is 0.771. The first-order valence-corrected chi connectivity index (χ1v) is 3.69. The Labute approximate surface area is 71.0 Å². The summed E-state index contributed by atoms with van der Waals surface area (Å²) in [6.07, 6.45) is 0.800. The van der Waals surface area contributed by atoms with Crippen molar-refractivity contribution in [3.05, 3.63) is 29.8 Å². The molecule has 3 heteroatoms. The number of likely N-dealkylation sites (N-methyl/N-ethyl adjacent to an activating group) is 1. The molecule has 0 aliphatic heterocycles. The maximum Gasteiger partial charge on any atom is 0.141 e. The van der Waals surface area contributed by atoms with Crippen molar-refractivity contribution in [3.8, 4) is 5.75 Å². The first-order chi connectivity index (χ1) is 5.77. The molecule has 1 rings (SSSR count). The Morgan fingerprint density at radius 3 is 2.83 bits per heavy atom. The summed E-state index contributed by atoms with van der Waals surface area (Å²) < 4.78 is 0. The van der Waals surface area contributed by atoms with E-state index in [1.807, 2.05) is 0 Å². The van der Waals surface area contributed by atoms with Crippen molar-refractivity contribution in [3.63, 3.8) is 0 Å². The van der Waals surface area contributed by atoms with E-state index in [0.29, 0.717) is 0 Å². The van der Waals surface area contributed by atoms with Gasteiger partial charge in [-0.15, -0.1) is 0 Å². The van der Waals surface area contributed by atoms with E-state index in [9.17, 15) is 4.79 Å². The Morgan fingerprint density at radius 1 is 1.58 bits per heavy atom. The maximum atomic E-state index is 10.5. The quantitative estimate of drug-likeness (QED) is 0.653. The average Bonchev–Trinajstić information content (AvgIpc) is 2.07. The van der Waals surface area contributed by atoms with Gasteiger partial charge in [-0.25, -0.2) is 0 Å². The second kappa shape index (κ2) is 3.88. The van der Waals surface area contributed by atoms with Crippen LogP contribution in [0.25, 0.3) is 0 Å². The molecule has 1 atom stereocenters. The number of phenols is 1. The number of phenolic OH excluding ortho intramolecular Hbond substituents is 1. The largest absolute Gasteiger partial charge is 0.508 e. The number of benzene rings is 1. The molecule has 0 saturated heterocycles. The van der Waals surface area contributed by atoms with Crippen LogP contribution in [-0.4, -0.2) is 18.4 Å². The summed E-state index contributed by atoms with van der Waals surface area (Å²) in [5.74, 6) is 0.176. The minimum atomic E-state index is -0.336. The number of hydrogen-bond donors (Lipinski definition) is 2. The van der Waals surface area contributed by atoms with Gasteiger partial charge >= 0.3 is 0 Å². The summed E-state index contributed by atoms with van der Waals surface area (Å²) in [4.78, 5) is 10.5. The van der Waals surface area contributed by atoms with Gasteiger partial charge in [0.1, 0.15) is 12.0 Å². The van der Waals surface area contributed by atoms with Gasteiger partial charge in [0, 0.05) is 0 Å². The third-order valence-electron chi connectivity index (χ3n) is 1.68. The summed E-state index contributed by atoms with van der Waals surface area (Å²) in [5, 5.41) is 11.9. The van der Waals surface area contributed by atoms with Gasteiger partial charge in [0.05, 0.1) is 6.04 Å². The topological polar surface area (TPSA) is 49.3 Å². The SMILES string of the molecule is CNC(C=O)c1cccc(O)c1. The van der Waals surface area contributed by atoms with E-state index in [1.165, 1.54) is 0 Å². The number of aromatic hydroxyl groups is 1. The van der Waals surface area contributed by atoms with Crippen LogP contribution in [0, 0.1) is 0 Å². The fourth-order valence-corrected chi connectivity index (χ4v) is 1.03. The van der Waals surface area contributed by atoms with Gasteiger partial charge in [-0.2, -0.15) is 0 Å². The minimum Gasteiger partial charge on any atom is -0.508 e. The first-order valence-electron chi connectivity index (χ1n) is 3.69. The van der Waals surface area contributed by atoms with Gasteiger partial charge in [0.15, 0.2) is 0 Å². The van der Waals surface area contributed by atoms with Crippen LogP contribution in [0.1, 0.15) is 11.6 Å². The standard InChI is InChI=1S/C9H11NO2/c1-10-9(6-11)7-3-2-4-8(12)5-7/h2-6,9-10,12H,1H3. The molecule has 0 aromatic heterocycles. The first kappa shape index (κ1) is 8.74. The fourth-order valence-electron chi connectivity index (χ4n) is 1.03. The lowest BCUT2D eigenvalue weighted by molar-refractivity contribution is -0.109. The summed E-state index contributed by atoms with van der Waals surface area (Å²) >= 11 is 0. The van der Waals surface area contributed by atoms with Gasteiger partial charge in [-0.3, -0.25) is 0 Å². The Bertz CT molecular complexity index is 273. The second-order valence-electron chi connectivity index (χ2n) is 2.50. The molecular weight excluding hydrogens is 154 g/mol. The van der Waals surface area contributed by atoms with E-state index >= 15 is 0 Å². The Kier molecular flexibility index (Phi) is 2.82. The summed E-state index contributed by atoms with van der Waals surface area (Å²) in [7, 11) is 1.70. The van der Waals surface area contributed by atoms with E-state index in [-0.39, 0.29) is 11.8 Å². The van der Waals surface area contributed by atoms with Crippen LogP contribution >= 0.6 is 0 Å². The number of carbonyl (C=O) groups excluding carboxylic acids is 1. The van der Waals surface area contributed by atoms with Crippen LogP contribution in [0.2, 0.25) is 0 Å². The fraction of sp³-hybridized carbons (Fsp3) is 0.222. The molecular formula is C9H11NO2. The zero-order valence-corrected chi connectivity index (χ0v) is 6.82. The van der Waals surface area contributed by atoms with Gasteiger partial charge in [-0.1, -0.05) is 12.1 Å². The van der Waals surface area contributed by atoms with Gasteiger partial charge in [0.25, 0.3) is 0 Å². The van der Waals surface area contributed by atoms with Crippen LogP contribution in [-0.2, 0) is 4.79 Å². The molecule has 0 spiro atoms. The number of nitrogens with one attached hydrogen (secondary N) is 1. The molecule has 64 valence electrons. The van der Waals surface area contributed by atoms with Crippen LogP contribution in [0.15, 0.2) is 24.3 Å². The molecule has 0 amide bonds. The minimum absolute atomic E-state index is 0.176. The van der Waals surface area contributed by atoms with Crippen molar-refractivity contribution >= 4 is 6.29 Å². The molecule has 0 fully saturated rings. The molecule has 1 aromatic carbocycles. The van der Waals surface area contributed by atoms with Crippen LogP contribution < -0.4 is 5.32 Å². The molecule has 1 unspecified atom stereocenters. The van der Waals surface area contributed by atoms with Crippen molar-refractivity contribution in [2.24, 2.45) is 0 Å². The third-order valence-corrected chi connectivity index (χ3v) is 1.68. The van der Waals surface area contributed by atoms with Gasteiger partial charge in [-0.05, 0) is 24.7 Å². The van der Waals surface area contributed by atoms with E-state index in [2.05, 4.69) is 5.32 Å². The molecule has 0 saturated carbocycles. The molecule has 1 aromatic rings. The van der Waals surface area contributed by atoms with Crippen molar-refractivity contribution in [1.29, 1.82) is 0 Å². The zero-order chi connectivity index (χ0) is 8.97. The smallest absolute Gasteiger partial charge is 0.141 e. The van der Waals surface area contributed by atoms with Crippen LogP contribution in [0.5, 0.6) is 5.75 Å². The van der Waals surface area contributed by atoms with E-state index in [1.54, 1.807) is 31.3 Å². The highest BCUT2D eigenvalue weighted by Gasteiger charge is 2.06. The van der Waals surface area contributed by atoms with Crippen molar-refractivity contribution in [2.75, 3.05) is 7.05 Å². The van der Waals surface area contributed by atoms with Crippen LogP contribution in [0.4, 0.5) is 0 Å². The highest BCUT2D eigenvalue weighted by molar-refractivity contribution is 5.61. The predicted octanol–water partition coefficient (Wildman–Crippen LogP) is 0.852. The molecule has 0 aliphatic rings. The van der Waals surface area contributed by atoms with Crippen molar-refractivity contribution < 1.29 is 9.90 Å². The average molecular weight is 165 g/mol. The molecule has 0 radical (unpaired) electrons. The molecule has 12 heavy (non-hydrogen) atoms. The normalized spacial score (nSPS) is 12.4. The predicted molar refractivity (Wildman–Crippen MR) is 46.0 cm³/mol. The Morgan fingerprint density at radius 2 is 2.33 bits per heavy atom. The third kappa shape index (κ3) is 1.83. The number of aldehydes is 1. The molecule has 0 bridgehead atoms. The molecule has 0 heterocycles. The lowest BCUT2D eigenvalue weighted by Crippen LogP contribution is -2.17. The van der Waals surface area contributed by atoms with E-state index in [0.717, 1.165) is 11.8 Å². The monoisotopic (exact) mass is 165 g/mol. The molecule has 0 aliphatic carbocycles. The molecule has 3 nitrogen and oxygen atoms in total. The highest BCUT2D eigenvalue weighted by atomic mass is 16.3. The summed E-state index contributed by atoms with van der Waals surface area (Å²) in [6, 6.07) is 6.29. The lowest BCUT2D eigenvalue weighted by Gasteiger charge is -2.08. The van der Waals surface area contributed by atoms with Crippen LogP contribution in [0.3, 0.4) is 0 Å². The molecule has 2 N–H and O–H groups in total. The number of rotatable bonds is 3. The van der Waals surface area contributed by atoms with Gasteiger partial charge in [0.2, 0.25) is 0 Å². The number of carbonyl (C=O) groups is 1. The highest BCUT2D eigenvalue weighted by Crippen LogP contribution is 2.16. The van der Waals surface area contributed by atoms with E-state index < -0.39 is 0 Å². The van der Waals surface area contributed by atoms with Crippen molar-refractivity contribution in [2.45, 2.75) is 6.04 Å². The lowest BCUT2D eigenvalue weighted by atomic mass is 10.1. The summed E-state index contributed by atoms with van der Waals surface area (Å²) in [6.45, 7) is 0. The zero-order valence-electron chi connectivity index (χ0n) is 6.82.